The lowest BCUT2D eigenvalue weighted by Gasteiger charge is -2.03. The summed E-state index contributed by atoms with van der Waals surface area (Å²) >= 11 is 0. The summed E-state index contributed by atoms with van der Waals surface area (Å²) in [6, 6.07) is 8.85. The number of rotatable bonds is 6. The minimum absolute atomic E-state index is 0.0963. The van der Waals surface area contributed by atoms with E-state index < -0.39 is 15.9 Å². The zero-order valence-corrected chi connectivity index (χ0v) is 11.8. The Hall–Kier alpha value is -2.15. The molecule has 0 aliphatic carbocycles. The van der Waals surface area contributed by atoms with Crippen molar-refractivity contribution in [2.24, 2.45) is 0 Å². The predicted molar refractivity (Wildman–Crippen MR) is 75.8 cm³/mol. The number of hydrogen-bond acceptors (Lipinski definition) is 4. The highest BCUT2D eigenvalue weighted by atomic mass is 32.2. The molecule has 6 nitrogen and oxygen atoms in total. The second kappa shape index (κ2) is 7.44. The summed E-state index contributed by atoms with van der Waals surface area (Å²) in [6.45, 7) is 1.41. The zero-order valence-electron chi connectivity index (χ0n) is 11.0. The zero-order chi connectivity index (χ0) is 15.0. The maximum Gasteiger partial charge on any atom is 0.257 e. The molecule has 7 heteroatoms. The number of benzene rings is 1. The molecular weight excluding hydrogens is 280 g/mol. The van der Waals surface area contributed by atoms with Crippen LogP contribution in [0.1, 0.15) is 18.9 Å². The van der Waals surface area contributed by atoms with Gasteiger partial charge in [-0.3, -0.25) is 9.59 Å². The minimum Gasteiger partial charge on any atom is -0.356 e. The third-order valence-corrected chi connectivity index (χ3v) is 3.23. The predicted octanol–water partition coefficient (Wildman–Crippen LogP) is 0.629. The van der Waals surface area contributed by atoms with E-state index >= 15 is 0 Å². The van der Waals surface area contributed by atoms with Crippen molar-refractivity contribution in [3.8, 4) is 0 Å². The molecule has 2 N–H and O–H groups in total. The normalized spacial score (nSPS) is 11.2. The van der Waals surface area contributed by atoms with Gasteiger partial charge in [0.1, 0.15) is 0 Å². The topological polar surface area (TPSA) is 92.3 Å². The molecule has 0 fully saturated rings. The van der Waals surface area contributed by atoms with Gasteiger partial charge in [0.05, 0.1) is 5.41 Å². The van der Waals surface area contributed by atoms with E-state index in [1.807, 2.05) is 10.8 Å². The van der Waals surface area contributed by atoms with Crippen LogP contribution in [0.2, 0.25) is 0 Å². The summed E-state index contributed by atoms with van der Waals surface area (Å²) in [4.78, 5) is 22.0. The first-order valence-electron chi connectivity index (χ1n) is 5.92. The molecule has 0 aromatic heterocycles. The van der Waals surface area contributed by atoms with Crippen LogP contribution in [-0.4, -0.2) is 26.8 Å². The fourth-order valence-electron chi connectivity index (χ4n) is 1.33. The quantitative estimate of drug-likeness (QED) is 0.805. The average molecular weight is 296 g/mol. The van der Waals surface area contributed by atoms with Crippen LogP contribution < -0.4 is 10.0 Å². The molecule has 0 radical (unpaired) electrons. The van der Waals surface area contributed by atoms with Gasteiger partial charge in [-0.25, -0.2) is 13.1 Å². The standard InChI is InChI=1S/C13H16N2O4S/c1-11(16)14-9-7-13(17)15-20(18,19)10-8-12-5-3-2-4-6-12/h2-6,8,10H,7,9H2,1H3,(H,14,16)(H,15,17)/b10-8+. The van der Waals surface area contributed by atoms with E-state index in [1.165, 1.54) is 13.0 Å². The van der Waals surface area contributed by atoms with Gasteiger partial charge < -0.3 is 5.32 Å². The highest BCUT2D eigenvalue weighted by Crippen LogP contribution is 2.02. The first kappa shape index (κ1) is 15.9. The van der Waals surface area contributed by atoms with E-state index in [0.717, 1.165) is 5.41 Å². The molecule has 0 atom stereocenters. The molecule has 1 aromatic carbocycles. The van der Waals surface area contributed by atoms with Crippen molar-refractivity contribution in [1.29, 1.82) is 0 Å². The lowest BCUT2D eigenvalue weighted by Crippen LogP contribution is -2.32. The van der Waals surface area contributed by atoms with Crippen molar-refractivity contribution in [1.82, 2.24) is 10.0 Å². The number of carbonyl (C=O) groups excluding carboxylic acids is 2. The van der Waals surface area contributed by atoms with E-state index in [9.17, 15) is 18.0 Å². The summed E-state index contributed by atoms with van der Waals surface area (Å²) in [5.41, 5.74) is 0.712. The summed E-state index contributed by atoms with van der Waals surface area (Å²) in [5.74, 6) is -0.943. The van der Waals surface area contributed by atoms with Gasteiger partial charge in [-0.2, -0.15) is 0 Å². The Morgan fingerprint density at radius 1 is 1.20 bits per heavy atom. The van der Waals surface area contributed by atoms with E-state index in [2.05, 4.69) is 5.32 Å². The van der Waals surface area contributed by atoms with Crippen LogP contribution in [-0.2, 0) is 19.6 Å². The Bertz CT molecular complexity index is 594. The van der Waals surface area contributed by atoms with Crippen LogP contribution in [0, 0.1) is 0 Å². The van der Waals surface area contributed by atoms with Gasteiger partial charge in [-0.15, -0.1) is 0 Å². The molecule has 0 heterocycles. The van der Waals surface area contributed by atoms with Crippen molar-refractivity contribution in [2.75, 3.05) is 6.54 Å². The third-order valence-electron chi connectivity index (χ3n) is 2.22. The van der Waals surface area contributed by atoms with Gasteiger partial charge in [0.25, 0.3) is 10.0 Å². The van der Waals surface area contributed by atoms with Crippen LogP contribution >= 0.6 is 0 Å². The van der Waals surface area contributed by atoms with Crippen molar-refractivity contribution >= 4 is 27.9 Å². The van der Waals surface area contributed by atoms with E-state index in [4.69, 9.17) is 0 Å². The summed E-state index contributed by atoms with van der Waals surface area (Å²) in [5, 5.41) is 3.34. The molecule has 1 rings (SSSR count). The fourth-order valence-corrected chi connectivity index (χ4v) is 2.15. The number of carbonyl (C=O) groups is 2. The van der Waals surface area contributed by atoms with E-state index in [0.29, 0.717) is 5.56 Å². The maximum atomic E-state index is 11.6. The van der Waals surface area contributed by atoms with Gasteiger partial charge in [-0.05, 0) is 11.6 Å². The Morgan fingerprint density at radius 3 is 2.45 bits per heavy atom. The molecule has 1 aromatic rings. The van der Waals surface area contributed by atoms with Crippen LogP contribution in [0.15, 0.2) is 35.7 Å². The van der Waals surface area contributed by atoms with Gasteiger partial charge in [0.15, 0.2) is 0 Å². The highest BCUT2D eigenvalue weighted by Gasteiger charge is 2.10. The van der Waals surface area contributed by atoms with Crippen molar-refractivity contribution in [2.45, 2.75) is 13.3 Å². The first-order chi connectivity index (χ1) is 9.39. The molecule has 2 amide bonds. The molecule has 0 unspecified atom stereocenters. The molecule has 0 spiro atoms. The maximum absolute atomic E-state index is 11.6. The molecule has 0 aliphatic heterocycles. The largest absolute Gasteiger partial charge is 0.356 e. The van der Waals surface area contributed by atoms with Gasteiger partial charge in [0.2, 0.25) is 11.8 Å². The Kier molecular flexibility index (Phi) is 5.92. The SMILES string of the molecule is CC(=O)NCCC(=O)NS(=O)(=O)/C=C/c1ccccc1. The van der Waals surface area contributed by atoms with Gasteiger partial charge >= 0.3 is 0 Å². The molecule has 0 saturated carbocycles. The Labute approximate surface area is 117 Å². The monoisotopic (exact) mass is 296 g/mol. The molecule has 0 aliphatic rings. The Balaban J connectivity index is 2.51. The van der Waals surface area contributed by atoms with E-state index in [1.54, 1.807) is 24.3 Å². The second-order valence-corrected chi connectivity index (χ2v) is 5.58. The first-order valence-corrected chi connectivity index (χ1v) is 7.47. The highest BCUT2D eigenvalue weighted by molar-refractivity contribution is 7.93. The average Bonchev–Trinajstić information content (AvgIpc) is 2.37. The smallest absolute Gasteiger partial charge is 0.257 e. The number of nitrogens with one attached hydrogen (secondary N) is 2. The summed E-state index contributed by atoms with van der Waals surface area (Å²) < 4.78 is 25.1. The van der Waals surface area contributed by atoms with Crippen LogP contribution in [0.3, 0.4) is 0 Å². The second-order valence-electron chi connectivity index (χ2n) is 4.02. The molecule has 0 bridgehead atoms. The van der Waals surface area contributed by atoms with Crippen molar-refractivity contribution in [3.05, 3.63) is 41.3 Å². The number of amides is 2. The van der Waals surface area contributed by atoms with Crippen LogP contribution in [0.5, 0.6) is 0 Å². The summed E-state index contributed by atoms with van der Waals surface area (Å²) in [6.07, 6.45) is 1.29. The number of hydrogen-bond donors (Lipinski definition) is 2. The molecular formula is C13H16N2O4S. The fraction of sp³-hybridized carbons (Fsp3) is 0.231. The Morgan fingerprint density at radius 2 is 1.85 bits per heavy atom. The van der Waals surface area contributed by atoms with Crippen molar-refractivity contribution < 1.29 is 18.0 Å². The third kappa shape index (κ3) is 6.69. The van der Waals surface area contributed by atoms with E-state index in [-0.39, 0.29) is 18.9 Å². The van der Waals surface area contributed by atoms with Crippen LogP contribution in [0.4, 0.5) is 0 Å². The summed E-state index contributed by atoms with van der Waals surface area (Å²) in [7, 11) is -3.82. The van der Waals surface area contributed by atoms with Crippen LogP contribution in [0.25, 0.3) is 6.08 Å². The number of sulfonamides is 1. The van der Waals surface area contributed by atoms with Gasteiger partial charge in [0, 0.05) is 19.9 Å². The molecule has 20 heavy (non-hydrogen) atoms. The van der Waals surface area contributed by atoms with Crippen molar-refractivity contribution in [3.63, 3.8) is 0 Å². The lowest BCUT2D eigenvalue weighted by molar-refractivity contribution is -0.120. The minimum atomic E-state index is -3.82. The van der Waals surface area contributed by atoms with Gasteiger partial charge in [-0.1, -0.05) is 30.3 Å². The lowest BCUT2D eigenvalue weighted by atomic mass is 10.2. The molecule has 0 saturated heterocycles. The molecule has 108 valence electrons.